The van der Waals surface area contributed by atoms with Crippen LogP contribution in [0.2, 0.25) is 0 Å². The van der Waals surface area contributed by atoms with Crippen molar-refractivity contribution in [3.63, 3.8) is 0 Å². The Labute approximate surface area is 125 Å². The van der Waals surface area contributed by atoms with Gasteiger partial charge in [0.2, 0.25) is 0 Å². The minimum atomic E-state index is -0.596. The maximum atomic E-state index is 13.7. The van der Waals surface area contributed by atoms with Gasteiger partial charge < -0.3 is 9.84 Å². The van der Waals surface area contributed by atoms with Crippen molar-refractivity contribution in [2.24, 2.45) is 0 Å². The van der Waals surface area contributed by atoms with Gasteiger partial charge in [0, 0.05) is 16.5 Å². The summed E-state index contributed by atoms with van der Waals surface area (Å²) in [5, 5.41) is 10.2. The van der Waals surface area contributed by atoms with E-state index in [0.717, 1.165) is 15.6 Å². The maximum absolute atomic E-state index is 13.7. The van der Waals surface area contributed by atoms with Gasteiger partial charge in [0.1, 0.15) is 17.7 Å². The Kier molecular flexibility index (Phi) is 3.52. The highest BCUT2D eigenvalue weighted by molar-refractivity contribution is 9.10. The van der Waals surface area contributed by atoms with E-state index < -0.39 is 6.10 Å². The molecule has 0 saturated carbocycles. The molecule has 20 heavy (non-hydrogen) atoms. The predicted octanol–water partition coefficient (Wildman–Crippen LogP) is 4.45. The molecule has 2 atom stereocenters. The first-order valence-corrected chi connectivity index (χ1v) is 7.24. The lowest BCUT2D eigenvalue weighted by molar-refractivity contribution is 0.0655. The molecule has 3 rings (SSSR count). The van der Waals surface area contributed by atoms with E-state index in [1.165, 1.54) is 6.07 Å². The largest absolute Gasteiger partial charge is 0.485 e. The van der Waals surface area contributed by atoms with Crippen molar-refractivity contribution in [1.29, 1.82) is 0 Å². The zero-order valence-electron chi connectivity index (χ0n) is 10.9. The van der Waals surface area contributed by atoms with E-state index in [1.54, 1.807) is 13.0 Å². The molecule has 2 aromatic rings. The van der Waals surface area contributed by atoms with Crippen LogP contribution in [0.5, 0.6) is 5.75 Å². The molecule has 1 aliphatic heterocycles. The molecule has 1 heterocycles. The Morgan fingerprint density at radius 3 is 2.80 bits per heavy atom. The van der Waals surface area contributed by atoms with Crippen LogP contribution >= 0.6 is 15.9 Å². The highest BCUT2D eigenvalue weighted by Gasteiger charge is 2.28. The highest BCUT2D eigenvalue weighted by atomic mass is 79.9. The Balaban J connectivity index is 1.96. The van der Waals surface area contributed by atoms with E-state index in [2.05, 4.69) is 15.9 Å². The van der Waals surface area contributed by atoms with Crippen molar-refractivity contribution in [3.05, 3.63) is 63.4 Å². The number of aryl methyl sites for hydroxylation is 1. The molecule has 1 unspecified atom stereocenters. The second-order valence-corrected chi connectivity index (χ2v) is 5.96. The van der Waals surface area contributed by atoms with Gasteiger partial charge in [-0.05, 0) is 36.2 Å². The van der Waals surface area contributed by atoms with Crippen molar-refractivity contribution in [3.8, 4) is 5.75 Å². The van der Waals surface area contributed by atoms with E-state index in [-0.39, 0.29) is 11.9 Å². The predicted molar refractivity (Wildman–Crippen MR) is 78.2 cm³/mol. The fourth-order valence-electron chi connectivity index (χ4n) is 2.43. The summed E-state index contributed by atoms with van der Waals surface area (Å²) in [6.45, 7) is 1.72. The van der Waals surface area contributed by atoms with Gasteiger partial charge in [-0.15, -0.1) is 0 Å². The Morgan fingerprint density at radius 2 is 2.05 bits per heavy atom. The van der Waals surface area contributed by atoms with Crippen LogP contribution in [0.15, 0.2) is 40.9 Å². The van der Waals surface area contributed by atoms with Crippen molar-refractivity contribution in [1.82, 2.24) is 0 Å². The third kappa shape index (κ3) is 2.45. The van der Waals surface area contributed by atoms with Crippen LogP contribution in [0.3, 0.4) is 0 Å². The van der Waals surface area contributed by atoms with E-state index in [0.29, 0.717) is 17.7 Å². The third-order valence-electron chi connectivity index (χ3n) is 3.61. The van der Waals surface area contributed by atoms with Gasteiger partial charge in [-0.1, -0.05) is 34.1 Å². The zero-order chi connectivity index (χ0) is 14.3. The fraction of sp³-hybridized carbons (Fsp3) is 0.250. The van der Waals surface area contributed by atoms with E-state index >= 15 is 0 Å². The van der Waals surface area contributed by atoms with Crippen molar-refractivity contribution in [2.45, 2.75) is 25.6 Å². The first-order valence-electron chi connectivity index (χ1n) is 6.45. The van der Waals surface area contributed by atoms with Gasteiger partial charge in [0.05, 0.1) is 6.10 Å². The molecule has 2 aromatic carbocycles. The molecule has 0 saturated heterocycles. The topological polar surface area (TPSA) is 29.5 Å². The van der Waals surface area contributed by atoms with Gasteiger partial charge in [-0.25, -0.2) is 4.39 Å². The molecule has 1 aliphatic rings. The van der Waals surface area contributed by atoms with Crippen LogP contribution in [0.4, 0.5) is 4.39 Å². The smallest absolute Gasteiger partial charge is 0.127 e. The Morgan fingerprint density at radius 1 is 1.25 bits per heavy atom. The number of rotatable bonds is 1. The lowest BCUT2D eigenvalue weighted by Gasteiger charge is -2.30. The van der Waals surface area contributed by atoms with Crippen molar-refractivity contribution in [2.75, 3.05) is 0 Å². The van der Waals surface area contributed by atoms with Crippen LogP contribution in [-0.4, -0.2) is 5.11 Å². The van der Waals surface area contributed by atoms with E-state index in [1.807, 2.05) is 24.3 Å². The monoisotopic (exact) mass is 336 g/mol. The molecule has 0 bridgehead atoms. The molecule has 0 radical (unpaired) electrons. The van der Waals surface area contributed by atoms with Gasteiger partial charge in [0.25, 0.3) is 0 Å². The number of hydrogen-bond donors (Lipinski definition) is 1. The number of ether oxygens (including phenoxy) is 1. The van der Waals surface area contributed by atoms with Crippen LogP contribution in [0.1, 0.15) is 35.3 Å². The normalized spacial score (nSPS) is 21.2. The average Bonchev–Trinajstić information content (AvgIpc) is 2.41. The van der Waals surface area contributed by atoms with Crippen LogP contribution in [0, 0.1) is 12.7 Å². The van der Waals surface area contributed by atoms with Gasteiger partial charge in [0.15, 0.2) is 0 Å². The number of aliphatic hydroxyl groups excluding tert-OH is 1. The Hall–Kier alpha value is -1.39. The number of aliphatic hydroxyl groups is 1. The van der Waals surface area contributed by atoms with Crippen molar-refractivity contribution >= 4 is 15.9 Å². The summed E-state index contributed by atoms with van der Waals surface area (Å²) in [6.07, 6.45) is -0.500. The third-order valence-corrected chi connectivity index (χ3v) is 4.10. The molecule has 0 spiro atoms. The molecule has 1 N–H and O–H groups in total. The number of hydrogen-bond acceptors (Lipinski definition) is 2. The fourth-order valence-corrected chi connectivity index (χ4v) is 2.77. The molecule has 2 nitrogen and oxygen atoms in total. The molecule has 4 heteroatoms. The number of benzene rings is 2. The standard InChI is InChI=1S/C16H14BrFO2/c1-9-2-3-10(6-13(9)18)15-8-14(19)12-5-4-11(17)7-16(12)20-15/h2-7,14-15,19H,8H2,1H3/t14-,15?/m1/s1. The van der Waals surface area contributed by atoms with E-state index in [4.69, 9.17) is 4.74 Å². The Bertz CT molecular complexity index is 657. The number of fused-ring (bicyclic) bond motifs is 1. The van der Waals surface area contributed by atoms with Gasteiger partial charge in [-0.3, -0.25) is 0 Å². The lowest BCUT2D eigenvalue weighted by Crippen LogP contribution is -2.19. The van der Waals surface area contributed by atoms with Gasteiger partial charge in [-0.2, -0.15) is 0 Å². The molecule has 0 aliphatic carbocycles. The molecule has 0 aromatic heterocycles. The van der Waals surface area contributed by atoms with Crippen LogP contribution in [-0.2, 0) is 0 Å². The summed E-state index contributed by atoms with van der Waals surface area (Å²) < 4.78 is 20.5. The van der Waals surface area contributed by atoms with Crippen molar-refractivity contribution < 1.29 is 14.2 Å². The zero-order valence-corrected chi connectivity index (χ0v) is 12.5. The van der Waals surface area contributed by atoms with Gasteiger partial charge >= 0.3 is 0 Å². The number of halogens is 2. The summed E-state index contributed by atoms with van der Waals surface area (Å²) in [7, 11) is 0. The summed E-state index contributed by atoms with van der Waals surface area (Å²) in [6, 6.07) is 10.6. The minimum Gasteiger partial charge on any atom is -0.485 e. The molecule has 104 valence electrons. The summed E-state index contributed by atoms with van der Waals surface area (Å²) in [5.41, 5.74) is 2.13. The average molecular weight is 337 g/mol. The van der Waals surface area contributed by atoms with Crippen LogP contribution in [0.25, 0.3) is 0 Å². The molecular weight excluding hydrogens is 323 g/mol. The van der Waals surface area contributed by atoms with Crippen LogP contribution < -0.4 is 4.74 Å². The second-order valence-electron chi connectivity index (χ2n) is 5.05. The highest BCUT2D eigenvalue weighted by Crippen LogP contribution is 2.41. The summed E-state index contributed by atoms with van der Waals surface area (Å²) >= 11 is 3.39. The summed E-state index contributed by atoms with van der Waals surface area (Å²) in [4.78, 5) is 0. The molecular formula is C16H14BrFO2. The SMILES string of the molecule is Cc1ccc(C2C[C@@H](O)c3ccc(Br)cc3O2)cc1F. The maximum Gasteiger partial charge on any atom is 0.127 e. The summed E-state index contributed by atoms with van der Waals surface area (Å²) in [5.74, 6) is 0.393. The first kappa shape index (κ1) is 13.6. The molecule has 0 amide bonds. The lowest BCUT2D eigenvalue weighted by atomic mass is 9.94. The second kappa shape index (κ2) is 5.19. The minimum absolute atomic E-state index is 0.249. The first-order chi connectivity index (χ1) is 9.54. The molecule has 0 fully saturated rings. The van der Waals surface area contributed by atoms with E-state index in [9.17, 15) is 9.50 Å². The quantitative estimate of drug-likeness (QED) is 0.833.